The van der Waals surface area contributed by atoms with Gasteiger partial charge in [-0.15, -0.1) is 0 Å². The number of carbonyl (C=O) groups excluding carboxylic acids is 1. The Morgan fingerprint density at radius 2 is 2.07 bits per heavy atom. The predicted octanol–water partition coefficient (Wildman–Crippen LogP) is 3.78. The number of piperidine rings is 1. The van der Waals surface area contributed by atoms with Crippen molar-refractivity contribution in [3.05, 3.63) is 23.8 Å². The van der Waals surface area contributed by atoms with Crippen LogP contribution in [0.1, 0.15) is 76.3 Å². The molecule has 3 atom stereocenters. The molecule has 0 bridgehead atoms. The average Bonchev–Trinajstić information content (AvgIpc) is 3.21. The van der Waals surface area contributed by atoms with Crippen molar-refractivity contribution in [3.63, 3.8) is 0 Å². The number of hydrogen-bond donors (Lipinski definition) is 2. The molecule has 0 spiro atoms. The maximum Gasteiger partial charge on any atom is 0.234 e. The summed E-state index contributed by atoms with van der Waals surface area (Å²) in [6.45, 7) is 4.29. The Hall–Kier alpha value is -1.79. The van der Waals surface area contributed by atoms with Crippen LogP contribution in [0.2, 0.25) is 0 Å². The average molecular weight is 417 g/mol. The summed E-state index contributed by atoms with van der Waals surface area (Å²) >= 11 is 0. The van der Waals surface area contributed by atoms with Gasteiger partial charge in [-0.05, 0) is 43.4 Å². The molecule has 2 aliphatic heterocycles. The van der Waals surface area contributed by atoms with Gasteiger partial charge in [0.2, 0.25) is 12.7 Å². The summed E-state index contributed by atoms with van der Waals surface area (Å²) in [5.41, 5.74) is 0.479. The van der Waals surface area contributed by atoms with E-state index in [2.05, 4.69) is 23.2 Å². The van der Waals surface area contributed by atoms with Crippen molar-refractivity contribution in [3.8, 4) is 11.5 Å². The molecule has 1 saturated heterocycles. The molecule has 0 radical (unpaired) electrons. The minimum atomic E-state index is -0.633. The number of benzene rings is 1. The topological polar surface area (TPSA) is 71.0 Å². The number of carbonyl (C=O) groups is 1. The Kier molecular flexibility index (Phi) is 6.84. The second-order valence-electron chi connectivity index (χ2n) is 9.14. The lowest BCUT2D eigenvalue weighted by molar-refractivity contribution is -0.137. The van der Waals surface area contributed by atoms with E-state index >= 15 is 0 Å². The Bertz CT molecular complexity index is 740. The molecule has 3 aliphatic rings. The largest absolute Gasteiger partial charge is 0.454 e. The van der Waals surface area contributed by atoms with Gasteiger partial charge in [0.05, 0.1) is 12.1 Å². The van der Waals surface area contributed by atoms with Crippen LogP contribution in [0.4, 0.5) is 0 Å². The first-order valence-electron chi connectivity index (χ1n) is 11.7. The molecular weight excluding hydrogens is 380 g/mol. The van der Waals surface area contributed by atoms with Crippen LogP contribution in [0.5, 0.6) is 11.5 Å². The molecule has 0 unspecified atom stereocenters. The van der Waals surface area contributed by atoms with E-state index in [1.165, 1.54) is 12.8 Å². The number of aliphatic hydroxyl groups is 1. The molecule has 2 fully saturated rings. The van der Waals surface area contributed by atoms with Crippen LogP contribution in [0.25, 0.3) is 0 Å². The van der Waals surface area contributed by atoms with Crippen molar-refractivity contribution in [2.24, 2.45) is 5.92 Å². The van der Waals surface area contributed by atoms with Crippen molar-refractivity contribution < 1.29 is 19.4 Å². The van der Waals surface area contributed by atoms with Crippen molar-refractivity contribution in [1.29, 1.82) is 0 Å². The van der Waals surface area contributed by atoms with Gasteiger partial charge in [-0.1, -0.05) is 45.1 Å². The summed E-state index contributed by atoms with van der Waals surface area (Å²) in [7, 11) is 0. The maximum atomic E-state index is 12.7. The number of amides is 1. The first-order chi connectivity index (χ1) is 14.6. The third-order valence-corrected chi connectivity index (χ3v) is 7.11. The van der Waals surface area contributed by atoms with E-state index in [0.29, 0.717) is 6.54 Å². The molecule has 2 N–H and O–H groups in total. The highest BCUT2D eigenvalue weighted by Gasteiger charge is 2.49. The molecule has 1 saturated carbocycles. The van der Waals surface area contributed by atoms with Crippen LogP contribution in [-0.2, 0) is 4.79 Å². The lowest BCUT2D eigenvalue weighted by atomic mass is 9.66. The number of nitrogens with one attached hydrogen (secondary N) is 1. The lowest BCUT2D eigenvalue weighted by Crippen LogP contribution is -2.56. The standard InChI is InChI=1S/C24H36N2O4/c1-2-3-4-7-13-25-22(27)16-26-14-12-24(28)11-6-5-8-19(24)23(26)18-9-10-20-21(15-18)30-17-29-20/h9-10,15,19,23,28H,2-8,11-14,16-17H2,1H3,(H,25,27)/t19-,23-,24-/m1/s1. The van der Waals surface area contributed by atoms with E-state index in [4.69, 9.17) is 9.47 Å². The number of rotatable bonds is 8. The van der Waals surface area contributed by atoms with Crippen LogP contribution < -0.4 is 14.8 Å². The Morgan fingerprint density at radius 3 is 2.93 bits per heavy atom. The van der Waals surface area contributed by atoms with Crippen LogP contribution in [0.15, 0.2) is 18.2 Å². The molecule has 1 aliphatic carbocycles. The van der Waals surface area contributed by atoms with Crippen LogP contribution in [0, 0.1) is 5.92 Å². The summed E-state index contributed by atoms with van der Waals surface area (Å²) in [5.74, 6) is 1.75. The molecule has 30 heavy (non-hydrogen) atoms. The molecule has 4 rings (SSSR count). The second kappa shape index (κ2) is 9.56. The van der Waals surface area contributed by atoms with Crippen molar-refractivity contribution >= 4 is 5.91 Å². The number of nitrogens with zero attached hydrogens (tertiary/aromatic N) is 1. The zero-order valence-electron chi connectivity index (χ0n) is 18.2. The first-order valence-corrected chi connectivity index (χ1v) is 11.7. The van der Waals surface area contributed by atoms with Gasteiger partial charge in [-0.3, -0.25) is 9.69 Å². The molecule has 2 heterocycles. The molecule has 1 aromatic rings. The van der Waals surface area contributed by atoms with Gasteiger partial charge in [0.1, 0.15) is 0 Å². The highest BCUT2D eigenvalue weighted by Crippen LogP contribution is 2.50. The minimum Gasteiger partial charge on any atom is -0.454 e. The van der Waals surface area contributed by atoms with Gasteiger partial charge in [0.25, 0.3) is 0 Å². The monoisotopic (exact) mass is 416 g/mol. The van der Waals surface area contributed by atoms with Crippen molar-refractivity contribution in [1.82, 2.24) is 10.2 Å². The summed E-state index contributed by atoms with van der Waals surface area (Å²) < 4.78 is 11.1. The Balaban J connectivity index is 1.49. The van der Waals surface area contributed by atoms with E-state index in [9.17, 15) is 9.90 Å². The van der Waals surface area contributed by atoms with Gasteiger partial charge in [0.15, 0.2) is 11.5 Å². The molecule has 1 amide bonds. The smallest absolute Gasteiger partial charge is 0.234 e. The van der Waals surface area contributed by atoms with Gasteiger partial charge in [0, 0.05) is 25.0 Å². The number of ether oxygens (including phenoxy) is 2. The van der Waals surface area contributed by atoms with E-state index in [0.717, 1.165) is 75.1 Å². The summed E-state index contributed by atoms with van der Waals surface area (Å²) in [6.07, 6.45) is 9.41. The van der Waals surface area contributed by atoms with Crippen LogP contribution in [-0.4, -0.2) is 47.9 Å². The fraction of sp³-hybridized carbons (Fsp3) is 0.708. The second-order valence-corrected chi connectivity index (χ2v) is 9.14. The fourth-order valence-electron chi connectivity index (χ4n) is 5.48. The molecule has 6 heteroatoms. The van der Waals surface area contributed by atoms with Gasteiger partial charge >= 0.3 is 0 Å². The Labute approximate surface area is 179 Å². The zero-order valence-corrected chi connectivity index (χ0v) is 18.2. The molecular formula is C24H36N2O4. The molecule has 0 aromatic heterocycles. The van der Waals surface area contributed by atoms with E-state index in [1.807, 2.05) is 12.1 Å². The number of unbranched alkanes of at least 4 members (excludes halogenated alkanes) is 3. The highest BCUT2D eigenvalue weighted by molar-refractivity contribution is 5.78. The SMILES string of the molecule is CCCCCCNC(=O)CN1CC[C@]2(O)CCCC[C@@H]2[C@H]1c1ccc2c(c1)OCO2. The van der Waals surface area contributed by atoms with E-state index < -0.39 is 5.60 Å². The van der Waals surface area contributed by atoms with Crippen molar-refractivity contribution in [2.75, 3.05) is 26.4 Å². The lowest BCUT2D eigenvalue weighted by Gasteiger charge is -2.52. The number of fused-ring (bicyclic) bond motifs is 2. The molecule has 166 valence electrons. The molecule has 1 aromatic carbocycles. The van der Waals surface area contributed by atoms with Crippen molar-refractivity contribution in [2.45, 2.75) is 76.4 Å². The number of hydrogen-bond acceptors (Lipinski definition) is 5. The fourth-order valence-corrected chi connectivity index (χ4v) is 5.48. The maximum absolute atomic E-state index is 12.7. The third kappa shape index (κ3) is 4.59. The third-order valence-electron chi connectivity index (χ3n) is 7.11. The van der Waals surface area contributed by atoms with Crippen LogP contribution >= 0.6 is 0 Å². The normalized spacial score (nSPS) is 28.2. The first kappa shape index (κ1) is 21.4. The highest BCUT2D eigenvalue weighted by atomic mass is 16.7. The summed E-state index contributed by atoms with van der Waals surface area (Å²) in [5, 5.41) is 14.5. The molecule has 6 nitrogen and oxygen atoms in total. The summed E-state index contributed by atoms with van der Waals surface area (Å²) in [6, 6.07) is 6.10. The minimum absolute atomic E-state index is 0.0180. The number of likely N-dealkylation sites (tertiary alicyclic amines) is 1. The predicted molar refractivity (Wildman–Crippen MR) is 116 cm³/mol. The quantitative estimate of drug-likeness (QED) is 0.631. The summed E-state index contributed by atoms with van der Waals surface area (Å²) in [4.78, 5) is 15.0. The van der Waals surface area contributed by atoms with Crippen LogP contribution in [0.3, 0.4) is 0 Å². The zero-order chi connectivity index (χ0) is 21.0. The van der Waals surface area contributed by atoms with Gasteiger partial charge in [-0.25, -0.2) is 0 Å². The van der Waals surface area contributed by atoms with E-state index in [-0.39, 0.29) is 24.7 Å². The van der Waals surface area contributed by atoms with E-state index in [1.54, 1.807) is 0 Å². The van der Waals surface area contributed by atoms with Gasteiger partial charge in [-0.2, -0.15) is 0 Å². The Morgan fingerprint density at radius 1 is 1.20 bits per heavy atom. The van der Waals surface area contributed by atoms with Gasteiger partial charge < -0.3 is 19.9 Å².